The van der Waals surface area contributed by atoms with Crippen molar-refractivity contribution in [2.24, 2.45) is 10.9 Å². The average molecular weight is 505 g/mol. The van der Waals surface area contributed by atoms with Gasteiger partial charge >= 0.3 is 0 Å². The highest BCUT2D eigenvalue weighted by Gasteiger charge is 2.34. The molecule has 158 valence electrons. The van der Waals surface area contributed by atoms with Crippen LogP contribution in [0.25, 0.3) is 0 Å². The second kappa shape index (κ2) is 11.3. The van der Waals surface area contributed by atoms with E-state index in [0.717, 1.165) is 70.3 Å². The number of ether oxygens (including phenoxy) is 2. The molecule has 2 aliphatic heterocycles. The minimum Gasteiger partial charge on any atom is -0.381 e. The molecule has 2 fully saturated rings. The Morgan fingerprint density at radius 3 is 2.54 bits per heavy atom. The van der Waals surface area contributed by atoms with Crippen molar-refractivity contribution in [3.05, 3.63) is 35.6 Å². The summed E-state index contributed by atoms with van der Waals surface area (Å²) in [6.07, 6.45) is 2.92. The number of nitrogens with one attached hydrogen (secondary N) is 1. The number of benzene rings is 1. The number of nitrogens with zero attached hydrogens (tertiary/aromatic N) is 2. The molecule has 1 unspecified atom stereocenters. The highest BCUT2D eigenvalue weighted by Crippen LogP contribution is 2.35. The fourth-order valence-electron chi connectivity index (χ4n) is 4.00. The quantitative estimate of drug-likeness (QED) is 0.366. The molecular formula is C21H33FIN3O2. The third-order valence-electron chi connectivity index (χ3n) is 5.69. The van der Waals surface area contributed by atoms with Gasteiger partial charge in [-0.3, -0.25) is 4.99 Å². The lowest BCUT2D eigenvalue weighted by molar-refractivity contribution is 0.0530. The molecular weight excluding hydrogens is 472 g/mol. The van der Waals surface area contributed by atoms with Gasteiger partial charge in [0, 0.05) is 51.3 Å². The van der Waals surface area contributed by atoms with Crippen molar-refractivity contribution in [1.29, 1.82) is 0 Å². The van der Waals surface area contributed by atoms with Crippen LogP contribution in [0.5, 0.6) is 0 Å². The van der Waals surface area contributed by atoms with Gasteiger partial charge < -0.3 is 19.7 Å². The van der Waals surface area contributed by atoms with E-state index in [0.29, 0.717) is 12.5 Å². The Morgan fingerprint density at radius 2 is 1.93 bits per heavy atom. The van der Waals surface area contributed by atoms with E-state index in [1.54, 1.807) is 12.1 Å². The van der Waals surface area contributed by atoms with Gasteiger partial charge in [-0.25, -0.2) is 4.39 Å². The van der Waals surface area contributed by atoms with Gasteiger partial charge in [0.15, 0.2) is 5.96 Å². The normalized spacial score (nSPS) is 21.8. The predicted molar refractivity (Wildman–Crippen MR) is 121 cm³/mol. The van der Waals surface area contributed by atoms with Gasteiger partial charge in [0.25, 0.3) is 0 Å². The number of hydrogen-bond donors (Lipinski definition) is 1. The topological polar surface area (TPSA) is 46.1 Å². The molecule has 28 heavy (non-hydrogen) atoms. The maximum Gasteiger partial charge on any atom is 0.193 e. The van der Waals surface area contributed by atoms with Crippen molar-refractivity contribution in [1.82, 2.24) is 10.2 Å². The maximum absolute atomic E-state index is 13.4. The predicted octanol–water partition coefficient (Wildman–Crippen LogP) is 3.43. The Kier molecular flexibility index (Phi) is 9.43. The summed E-state index contributed by atoms with van der Waals surface area (Å²) in [4.78, 5) is 7.20. The second-order valence-electron chi connectivity index (χ2n) is 7.68. The molecule has 0 radical (unpaired) electrons. The van der Waals surface area contributed by atoms with E-state index in [2.05, 4.69) is 24.2 Å². The minimum absolute atomic E-state index is 0. The van der Waals surface area contributed by atoms with E-state index < -0.39 is 0 Å². The molecule has 0 aromatic heterocycles. The lowest BCUT2D eigenvalue weighted by atomic mass is 9.74. The van der Waals surface area contributed by atoms with Crippen LogP contribution >= 0.6 is 24.0 Å². The standard InChI is InChI=1S/C21H32FN3O2.HI/c1-3-23-20(25(2)14-17-8-11-27-15-17)24-16-21(9-12-26-13-10-21)18-4-6-19(22)7-5-18;/h4-7,17H,3,8-16H2,1-2H3,(H,23,24);1H. The van der Waals surface area contributed by atoms with Gasteiger partial charge in [-0.2, -0.15) is 0 Å². The first-order chi connectivity index (χ1) is 13.1. The van der Waals surface area contributed by atoms with Crippen LogP contribution < -0.4 is 5.32 Å². The number of hydrogen-bond acceptors (Lipinski definition) is 3. The first-order valence-electron chi connectivity index (χ1n) is 10.0. The lowest BCUT2D eigenvalue weighted by Gasteiger charge is -2.37. The summed E-state index contributed by atoms with van der Waals surface area (Å²) < 4.78 is 24.5. The molecule has 1 atom stereocenters. The van der Waals surface area contributed by atoms with Gasteiger partial charge in [-0.1, -0.05) is 12.1 Å². The number of halogens is 2. The van der Waals surface area contributed by atoms with Crippen LogP contribution in [0.4, 0.5) is 4.39 Å². The maximum atomic E-state index is 13.4. The number of guanidine groups is 1. The van der Waals surface area contributed by atoms with Crippen LogP contribution in [0.2, 0.25) is 0 Å². The second-order valence-corrected chi connectivity index (χ2v) is 7.68. The van der Waals surface area contributed by atoms with Crippen molar-refractivity contribution in [2.45, 2.75) is 31.6 Å². The van der Waals surface area contributed by atoms with Gasteiger partial charge in [-0.15, -0.1) is 24.0 Å². The summed E-state index contributed by atoms with van der Waals surface area (Å²) >= 11 is 0. The Bertz CT molecular complexity index is 615. The molecule has 1 N–H and O–H groups in total. The lowest BCUT2D eigenvalue weighted by Crippen LogP contribution is -2.43. The largest absolute Gasteiger partial charge is 0.381 e. The molecule has 0 aliphatic carbocycles. The summed E-state index contributed by atoms with van der Waals surface area (Å²) in [6.45, 7) is 7.68. The first kappa shape index (κ1) is 23.3. The molecule has 2 saturated heterocycles. The van der Waals surface area contributed by atoms with E-state index in [1.807, 2.05) is 12.1 Å². The molecule has 0 spiro atoms. The van der Waals surface area contributed by atoms with E-state index in [9.17, 15) is 4.39 Å². The highest BCUT2D eigenvalue weighted by atomic mass is 127. The summed E-state index contributed by atoms with van der Waals surface area (Å²) in [5.74, 6) is 1.29. The molecule has 0 amide bonds. The summed E-state index contributed by atoms with van der Waals surface area (Å²) in [5.41, 5.74) is 1.06. The third kappa shape index (κ3) is 6.03. The molecule has 7 heteroatoms. The van der Waals surface area contributed by atoms with Crippen LogP contribution in [0.3, 0.4) is 0 Å². The van der Waals surface area contributed by atoms with Crippen LogP contribution in [0.1, 0.15) is 31.7 Å². The smallest absolute Gasteiger partial charge is 0.193 e. The SMILES string of the molecule is CCNC(=NCC1(c2ccc(F)cc2)CCOCC1)N(C)CC1CCOC1.I. The van der Waals surface area contributed by atoms with Crippen molar-refractivity contribution in [3.8, 4) is 0 Å². The van der Waals surface area contributed by atoms with Crippen LogP contribution in [0, 0.1) is 11.7 Å². The molecule has 3 rings (SSSR count). The van der Waals surface area contributed by atoms with Crippen LogP contribution in [-0.4, -0.2) is 64.0 Å². The first-order valence-corrected chi connectivity index (χ1v) is 10.0. The fraction of sp³-hybridized carbons (Fsp3) is 0.667. The number of rotatable bonds is 6. The van der Waals surface area contributed by atoms with Gasteiger partial charge in [0.1, 0.15) is 5.82 Å². The van der Waals surface area contributed by atoms with Gasteiger partial charge in [0.2, 0.25) is 0 Å². The van der Waals surface area contributed by atoms with Crippen LogP contribution in [0.15, 0.2) is 29.3 Å². The molecule has 5 nitrogen and oxygen atoms in total. The number of aliphatic imine (C=N–C) groups is 1. The summed E-state index contributed by atoms with van der Waals surface area (Å²) in [6, 6.07) is 6.91. The Balaban J connectivity index is 0.00000280. The van der Waals surface area contributed by atoms with Crippen molar-refractivity contribution < 1.29 is 13.9 Å². The van der Waals surface area contributed by atoms with Crippen LogP contribution in [-0.2, 0) is 14.9 Å². The molecule has 1 aromatic carbocycles. The molecule has 1 aromatic rings. The zero-order chi connectivity index (χ0) is 19.1. The summed E-state index contributed by atoms with van der Waals surface area (Å²) in [5, 5.41) is 3.42. The minimum atomic E-state index is -0.198. The van der Waals surface area contributed by atoms with Crippen molar-refractivity contribution in [2.75, 3.05) is 53.1 Å². The highest BCUT2D eigenvalue weighted by molar-refractivity contribution is 14.0. The zero-order valence-corrected chi connectivity index (χ0v) is 19.3. The molecule has 0 bridgehead atoms. The Hall–Kier alpha value is -0.930. The van der Waals surface area contributed by atoms with E-state index in [1.165, 1.54) is 0 Å². The van der Waals surface area contributed by atoms with Crippen molar-refractivity contribution in [3.63, 3.8) is 0 Å². The molecule has 0 saturated carbocycles. The van der Waals surface area contributed by atoms with Crippen molar-refractivity contribution >= 4 is 29.9 Å². The molecule has 2 heterocycles. The van der Waals surface area contributed by atoms with E-state index in [-0.39, 0.29) is 35.2 Å². The zero-order valence-electron chi connectivity index (χ0n) is 17.0. The Morgan fingerprint density at radius 1 is 1.21 bits per heavy atom. The average Bonchev–Trinajstić information content (AvgIpc) is 3.19. The third-order valence-corrected chi connectivity index (χ3v) is 5.69. The monoisotopic (exact) mass is 505 g/mol. The van der Waals surface area contributed by atoms with Gasteiger partial charge in [-0.05, 0) is 43.9 Å². The Labute approximate surface area is 185 Å². The fourth-order valence-corrected chi connectivity index (χ4v) is 4.00. The summed E-state index contributed by atoms with van der Waals surface area (Å²) in [7, 11) is 2.09. The molecule has 2 aliphatic rings. The van der Waals surface area contributed by atoms with E-state index >= 15 is 0 Å². The van der Waals surface area contributed by atoms with Gasteiger partial charge in [0.05, 0.1) is 13.2 Å². The van der Waals surface area contributed by atoms with E-state index in [4.69, 9.17) is 14.5 Å².